The quantitative estimate of drug-likeness (QED) is 0.597. The number of hydrogen-bond donors (Lipinski definition) is 1. The van der Waals surface area contributed by atoms with Crippen molar-refractivity contribution in [2.45, 2.75) is 38.2 Å². The molecule has 0 aromatic rings. The van der Waals surface area contributed by atoms with Crippen molar-refractivity contribution in [3.8, 4) is 0 Å². The third-order valence-electron chi connectivity index (χ3n) is 3.96. The average molecular weight is 271 g/mol. The largest absolute Gasteiger partial charge is 0.340 e. The lowest BCUT2D eigenvalue weighted by atomic mass is 9.85. The van der Waals surface area contributed by atoms with Crippen molar-refractivity contribution in [3.63, 3.8) is 0 Å². The van der Waals surface area contributed by atoms with Crippen molar-refractivity contribution < 1.29 is 14.7 Å². The maximum absolute atomic E-state index is 12.1. The molecule has 1 aliphatic carbocycles. The number of hydrogen-bond acceptors (Lipinski definition) is 5. The Balaban J connectivity index is 1.69. The van der Waals surface area contributed by atoms with E-state index in [0.717, 1.165) is 39.0 Å². The molecule has 2 rings (SSSR count). The van der Waals surface area contributed by atoms with Crippen LogP contribution in [0.2, 0.25) is 0 Å². The van der Waals surface area contributed by atoms with Crippen LogP contribution in [0.5, 0.6) is 0 Å². The fraction of sp³-hybridized carbons (Fsp3) is 0.917. The van der Waals surface area contributed by atoms with E-state index in [-0.39, 0.29) is 12.0 Å². The molecule has 0 spiro atoms. The number of carbonyl (C=O) groups is 1. The molecule has 19 heavy (non-hydrogen) atoms. The Labute approximate surface area is 112 Å². The summed E-state index contributed by atoms with van der Waals surface area (Å²) in [5.41, 5.74) is 0. The van der Waals surface area contributed by atoms with Crippen LogP contribution < -0.4 is 5.32 Å². The van der Waals surface area contributed by atoms with Gasteiger partial charge in [0.25, 0.3) is 5.09 Å². The molecule has 7 nitrogen and oxygen atoms in total. The Morgan fingerprint density at radius 2 is 1.89 bits per heavy atom. The first-order valence-corrected chi connectivity index (χ1v) is 6.95. The van der Waals surface area contributed by atoms with Crippen molar-refractivity contribution in [2.75, 3.05) is 26.2 Å². The third-order valence-corrected chi connectivity index (χ3v) is 3.96. The Bertz CT molecular complexity index is 323. The van der Waals surface area contributed by atoms with Gasteiger partial charge in [-0.25, -0.2) is 0 Å². The molecule has 1 heterocycles. The van der Waals surface area contributed by atoms with Crippen LogP contribution in [0.15, 0.2) is 0 Å². The first-order valence-electron chi connectivity index (χ1n) is 6.95. The van der Waals surface area contributed by atoms with Crippen LogP contribution in [-0.2, 0) is 9.63 Å². The highest BCUT2D eigenvalue weighted by molar-refractivity contribution is 5.76. The zero-order valence-electron chi connectivity index (χ0n) is 11.0. The molecule has 1 N–H and O–H groups in total. The second kappa shape index (κ2) is 6.70. The van der Waals surface area contributed by atoms with Crippen molar-refractivity contribution >= 4 is 5.91 Å². The highest BCUT2D eigenvalue weighted by Gasteiger charge is 2.27. The zero-order chi connectivity index (χ0) is 13.7. The van der Waals surface area contributed by atoms with Crippen molar-refractivity contribution in [3.05, 3.63) is 10.1 Å². The molecule has 0 aromatic carbocycles. The normalized spacial score (nSPS) is 27.9. The molecule has 0 aromatic heterocycles. The fourth-order valence-electron chi connectivity index (χ4n) is 2.85. The summed E-state index contributed by atoms with van der Waals surface area (Å²) < 4.78 is 0. The Kier molecular flexibility index (Phi) is 4.95. The highest BCUT2D eigenvalue weighted by atomic mass is 17.0. The van der Waals surface area contributed by atoms with Gasteiger partial charge in [-0.3, -0.25) is 4.79 Å². The minimum atomic E-state index is -0.711. The maximum Gasteiger partial charge on any atom is 0.294 e. The molecule has 108 valence electrons. The molecule has 1 saturated heterocycles. The Morgan fingerprint density at radius 1 is 1.26 bits per heavy atom. The van der Waals surface area contributed by atoms with Gasteiger partial charge in [0, 0.05) is 32.6 Å². The molecule has 0 atom stereocenters. The second-order valence-corrected chi connectivity index (χ2v) is 5.31. The highest BCUT2D eigenvalue weighted by Crippen LogP contribution is 2.29. The van der Waals surface area contributed by atoms with Crippen LogP contribution in [0, 0.1) is 16.0 Å². The van der Waals surface area contributed by atoms with E-state index < -0.39 is 5.09 Å². The van der Waals surface area contributed by atoms with Gasteiger partial charge in [0.15, 0.2) is 0 Å². The SMILES string of the molecule is O=C(CC1CCC(O[N+](=O)[O-])CC1)N1CCNCC1. The Hall–Kier alpha value is -1.37. The molecule has 7 heteroatoms. The third kappa shape index (κ3) is 4.34. The van der Waals surface area contributed by atoms with Crippen LogP contribution in [0.25, 0.3) is 0 Å². The number of amides is 1. The van der Waals surface area contributed by atoms with E-state index in [4.69, 9.17) is 0 Å². The van der Waals surface area contributed by atoms with Crippen LogP contribution >= 0.6 is 0 Å². The van der Waals surface area contributed by atoms with Gasteiger partial charge >= 0.3 is 0 Å². The lowest BCUT2D eigenvalue weighted by molar-refractivity contribution is -0.769. The summed E-state index contributed by atoms with van der Waals surface area (Å²) in [7, 11) is 0. The van der Waals surface area contributed by atoms with Gasteiger partial charge in [-0.05, 0) is 31.6 Å². The molecule has 0 unspecified atom stereocenters. The van der Waals surface area contributed by atoms with Crippen molar-refractivity contribution in [1.29, 1.82) is 0 Å². The molecular formula is C12H21N3O4. The monoisotopic (exact) mass is 271 g/mol. The molecule has 2 aliphatic rings. The van der Waals surface area contributed by atoms with E-state index in [9.17, 15) is 14.9 Å². The van der Waals surface area contributed by atoms with Gasteiger partial charge in [0.05, 0.1) is 0 Å². The second-order valence-electron chi connectivity index (χ2n) is 5.31. The first kappa shape index (κ1) is 14.0. The minimum absolute atomic E-state index is 0.222. The van der Waals surface area contributed by atoms with Gasteiger partial charge < -0.3 is 15.1 Å². The van der Waals surface area contributed by atoms with Crippen molar-refractivity contribution in [2.24, 2.45) is 5.92 Å². The Morgan fingerprint density at radius 3 is 2.47 bits per heavy atom. The van der Waals surface area contributed by atoms with E-state index in [0.29, 0.717) is 25.2 Å². The van der Waals surface area contributed by atoms with E-state index in [2.05, 4.69) is 10.2 Å². The topological polar surface area (TPSA) is 84.7 Å². The van der Waals surface area contributed by atoms with Crippen LogP contribution in [0.4, 0.5) is 0 Å². The molecule has 1 saturated carbocycles. The number of carbonyl (C=O) groups excluding carboxylic acids is 1. The number of nitrogens with zero attached hydrogens (tertiary/aromatic N) is 2. The standard InChI is InChI=1S/C12H21N3O4/c16-12(14-7-5-13-6-8-14)9-10-1-3-11(4-2-10)19-15(17)18/h10-11,13H,1-9H2. The molecule has 1 amide bonds. The van der Waals surface area contributed by atoms with Gasteiger partial charge in [0.1, 0.15) is 6.10 Å². The van der Waals surface area contributed by atoms with Gasteiger partial charge in [-0.15, -0.1) is 10.1 Å². The summed E-state index contributed by atoms with van der Waals surface area (Å²) in [6.45, 7) is 3.32. The smallest absolute Gasteiger partial charge is 0.294 e. The van der Waals surface area contributed by atoms with Crippen LogP contribution in [0.1, 0.15) is 32.1 Å². The van der Waals surface area contributed by atoms with E-state index in [1.807, 2.05) is 4.90 Å². The molecular weight excluding hydrogens is 250 g/mol. The van der Waals surface area contributed by atoms with E-state index in [1.165, 1.54) is 0 Å². The van der Waals surface area contributed by atoms with Crippen LogP contribution in [-0.4, -0.2) is 48.2 Å². The molecule has 0 bridgehead atoms. The zero-order valence-corrected chi connectivity index (χ0v) is 11.0. The molecule has 1 aliphatic heterocycles. The first-order chi connectivity index (χ1) is 9.15. The molecule has 2 fully saturated rings. The number of piperazine rings is 1. The van der Waals surface area contributed by atoms with E-state index >= 15 is 0 Å². The lowest BCUT2D eigenvalue weighted by Crippen LogP contribution is -2.47. The minimum Gasteiger partial charge on any atom is -0.340 e. The van der Waals surface area contributed by atoms with Gasteiger partial charge in [0.2, 0.25) is 5.91 Å². The summed E-state index contributed by atoms with van der Waals surface area (Å²) in [4.78, 5) is 28.8. The fourth-order valence-corrected chi connectivity index (χ4v) is 2.85. The summed E-state index contributed by atoms with van der Waals surface area (Å²) in [5, 5.41) is 12.8. The van der Waals surface area contributed by atoms with Crippen molar-refractivity contribution in [1.82, 2.24) is 10.2 Å². The predicted molar refractivity (Wildman–Crippen MR) is 67.9 cm³/mol. The van der Waals surface area contributed by atoms with Crippen LogP contribution in [0.3, 0.4) is 0 Å². The predicted octanol–water partition coefficient (Wildman–Crippen LogP) is 0.575. The van der Waals surface area contributed by atoms with E-state index in [1.54, 1.807) is 0 Å². The number of nitrogens with one attached hydrogen (secondary N) is 1. The summed E-state index contributed by atoms with van der Waals surface area (Å²) in [6.07, 6.45) is 3.35. The summed E-state index contributed by atoms with van der Waals surface area (Å²) in [5.74, 6) is 0.578. The number of rotatable bonds is 4. The summed E-state index contributed by atoms with van der Waals surface area (Å²) in [6, 6.07) is 0. The lowest BCUT2D eigenvalue weighted by Gasteiger charge is -2.31. The maximum atomic E-state index is 12.1. The molecule has 0 radical (unpaired) electrons. The van der Waals surface area contributed by atoms with Gasteiger partial charge in [-0.1, -0.05) is 0 Å². The van der Waals surface area contributed by atoms with Gasteiger partial charge in [-0.2, -0.15) is 0 Å². The summed E-state index contributed by atoms with van der Waals surface area (Å²) >= 11 is 0. The average Bonchev–Trinajstić information content (AvgIpc) is 2.41.